The summed E-state index contributed by atoms with van der Waals surface area (Å²) in [7, 11) is 0. The number of aryl methyl sites for hydroxylation is 2. The summed E-state index contributed by atoms with van der Waals surface area (Å²) in [5, 5.41) is 0.256. The SMILES string of the molecule is [2H]C([2H])([2H])c1ccc2c(n1)oc1c(-c3cc(C(C([2H])([2H])[2H])(C([2H])([2H])[2H])C([2H])([2H])[2H])ccn3)ccc(C([2H])([2H])[2H])c12. The Kier molecular flexibility index (Phi) is 1.35. The minimum Gasteiger partial charge on any atom is -0.437 e. The van der Waals surface area contributed by atoms with E-state index in [1.807, 2.05) is 0 Å². The van der Waals surface area contributed by atoms with Crippen molar-refractivity contribution < 1.29 is 25.0 Å². The highest BCUT2D eigenvalue weighted by Gasteiger charge is 2.18. The third kappa shape index (κ3) is 2.60. The molecule has 0 amide bonds. The van der Waals surface area contributed by atoms with Crippen LogP contribution in [0.25, 0.3) is 33.3 Å². The monoisotopic (exact) mass is 345 g/mol. The van der Waals surface area contributed by atoms with Crippen LogP contribution in [0, 0.1) is 13.7 Å². The molecule has 0 saturated heterocycles. The number of rotatable bonds is 1. The number of nitrogens with zero attached hydrogens (tertiary/aromatic N) is 2. The highest BCUT2D eigenvalue weighted by molar-refractivity contribution is 6.10. The summed E-state index contributed by atoms with van der Waals surface area (Å²) in [5.41, 5.74) is -4.58. The van der Waals surface area contributed by atoms with E-state index < -0.39 is 45.2 Å². The zero-order chi connectivity index (χ0) is 30.3. The van der Waals surface area contributed by atoms with Crippen LogP contribution >= 0.6 is 0 Å². The van der Waals surface area contributed by atoms with Gasteiger partial charge in [0, 0.05) is 48.8 Å². The number of benzene rings is 1. The van der Waals surface area contributed by atoms with Gasteiger partial charge in [-0.1, -0.05) is 26.6 Å². The minimum atomic E-state index is -3.50. The molecule has 4 rings (SSSR count). The maximum atomic E-state index is 7.99. The third-order valence-corrected chi connectivity index (χ3v) is 3.95. The molecule has 3 heteroatoms. The first-order valence-corrected chi connectivity index (χ1v) is 7.36. The molecule has 126 valence electrons. The second kappa shape index (κ2) is 5.41. The van der Waals surface area contributed by atoms with E-state index in [4.69, 9.17) is 25.0 Å². The van der Waals surface area contributed by atoms with Gasteiger partial charge in [0.1, 0.15) is 5.58 Å². The molecule has 0 bridgehead atoms. The predicted molar refractivity (Wildman–Crippen MR) is 103 cm³/mol. The molecular formula is C22H22N2O. The lowest BCUT2D eigenvalue weighted by Gasteiger charge is -2.19. The summed E-state index contributed by atoms with van der Waals surface area (Å²) in [5.74, 6) is 0. The fraction of sp³-hybridized carbons (Fsp3) is 0.273. The lowest BCUT2D eigenvalue weighted by molar-refractivity contribution is 0.589. The van der Waals surface area contributed by atoms with E-state index in [9.17, 15) is 0 Å². The number of aromatic nitrogens is 2. The Morgan fingerprint density at radius 3 is 2.76 bits per heavy atom. The Morgan fingerprint density at radius 1 is 1.04 bits per heavy atom. The molecule has 0 atom stereocenters. The predicted octanol–water partition coefficient (Wildman–Crippen LogP) is 5.96. The molecule has 0 saturated carbocycles. The van der Waals surface area contributed by atoms with Crippen molar-refractivity contribution in [3.8, 4) is 11.3 Å². The zero-order valence-corrected chi connectivity index (χ0v) is 12.8. The van der Waals surface area contributed by atoms with Gasteiger partial charge in [-0.3, -0.25) is 4.98 Å². The quantitative estimate of drug-likeness (QED) is 0.427. The van der Waals surface area contributed by atoms with Gasteiger partial charge in [0.05, 0.1) is 5.69 Å². The first kappa shape index (κ1) is 6.24. The van der Waals surface area contributed by atoms with Gasteiger partial charge in [-0.15, -0.1) is 0 Å². The van der Waals surface area contributed by atoms with Gasteiger partial charge in [0.25, 0.3) is 0 Å². The summed E-state index contributed by atoms with van der Waals surface area (Å²) in [6.07, 6.45) is 1.06. The smallest absolute Gasteiger partial charge is 0.227 e. The Balaban J connectivity index is 2.09. The summed E-state index contributed by atoms with van der Waals surface area (Å²) < 4.78 is 125. The van der Waals surface area contributed by atoms with Crippen molar-refractivity contribution in [2.24, 2.45) is 0 Å². The lowest BCUT2D eigenvalue weighted by Crippen LogP contribution is -2.11. The molecule has 25 heavy (non-hydrogen) atoms. The van der Waals surface area contributed by atoms with Crippen molar-refractivity contribution in [1.82, 2.24) is 9.97 Å². The first-order chi connectivity index (χ1) is 18.0. The number of hydrogen-bond donors (Lipinski definition) is 0. The molecule has 0 radical (unpaired) electrons. The highest BCUT2D eigenvalue weighted by atomic mass is 16.3. The number of pyridine rings is 2. The molecule has 3 nitrogen and oxygen atoms in total. The van der Waals surface area contributed by atoms with Crippen LogP contribution in [-0.4, -0.2) is 9.97 Å². The van der Waals surface area contributed by atoms with Crippen LogP contribution in [0.3, 0.4) is 0 Å². The molecule has 0 unspecified atom stereocenters. The van der Waals surface area contributed by atoms with E-state index in [0.717, 1.165) is 18.3 Å². The van der Waals surface area contributed by atoms with Gasteiger partial charge in [0.15, 0.2) is 0 Å². The summed E-state index contributed by atoms with van der Waals surface area (Å²) in [4.78, 5) is 8.22. The van der Waals surface area contributed by atoms with Crippen LogP contribution in [0.1, 0.15) is 57.9 Å². The Morgan fingerprint density at radius 2 is 1.96 bits per heavy atom. The number of hydrogen-bond acceptors (Lipinski definition) is 3. The zero-order valence-electron chi connectivity index (χ0n) is 27.8. The Labute approximate surface area is 168 Å². The fourth-order valence-electron chi connectivity index (χ4n) is 2.77. The molecule has 3 aromatic heterocycles. The molecule has 3 heterocycles. The third-order valence-electron chi connectivity index (χ3n) is 3.95. The Hall–Kier alpha value is -2.68. The van der Waals surface area contributed by atoms with Crippen molar-refractivity contribution in [2.45, 2.75) is 39.7 Å². The van der Waals surface area contributed by atoms with Crippen LogP contribution in [-0.2, 0) is 5.41 Å². The number of furan rings is 1. The van der Waals surface area contributed by atoms with Crippen LogP contribution in [0.5, 0.6) is 0 Å². The molecule has 0 aliphatic heterocycles. The fourth-order valence-corrected chi connectivity index (χ4v) is 2.77. The molecule has 0 spiro atoms. The van der Waals surface area contributed by atoms with E-state index in [1.54, 1.807) is 0 Å². The van der Waals surface area contributed by atoms with Gasteiger partial charge in [-0.25, -0.2) is 4.98 Å². The highest BCUT2D eigenvalue weighted by Crippen LogP contribution is 2.37. The van der Waals surface area contributed by atoms with E-state index >= 15 is 0 Å². The maximum absolute atomic E-state index is 7.99. The van der Waals surface area contributed by atoms with E-state index in [-0.39, 0.29) is 44.6 Å². The molecular weight excluding hydrogens is 308 g/mol. The molecule has 0 N–H and O–H groups in total. The molecule has 1 aromatic carbocycles. The summed E-state index contributed by atoms with van der Waals surface area (Å²) in [6.45, 7) is -15.7. The Bertz CT molecular complexity index is 1550. The lowest BCUT2D eigenvalue weighted by atomic mass is 9.87. The molecule has 0 fully saturated rings. The second-order valence-corrected chi connectivity index (χ2v) is 5.70. The van der Waals surface area contributed by atoms with Gasteiger partial charge in [0.2, 0.25) is 5.71 Å². The topological polar surface area (TPSA) is 38.9 Å². The van der Waals surface area contributed by atoms with Crippen LogP contribution in [0.2, 0.25) is 0 Å². The van der Waals surface area contributed by atoms with Crippen molar-refractivity contribution in [3.63, 3.8) is 0 Å². The van der Waals surface area contributed by atoms with E-state index in [0.29, 0.717) is 0 Å². The van der Waals surface area contributed by atoms with E-state index in [1.165, 1.54) is 24.3 Å². The van der Waals surface area contributed by atoms with Crippen molar-refractivity contribution in [1.29, 1.82) is 0 Å². The van der Waals surface area contributed by atoms with Gasteiger partial charge < -0.3 is 4.42 Å². The summed E-state index contributed by atoms with van der Waals surface area (Å²) >= 11 is 0. The second-order valence-electron chi connectivity index (χ2n) is 5.70. The minimum absolute atomic E-state index is 0.0676. The first-order valence-electron chi connectivity index (χ1n) is 14.9. The van der Waals surface area contributed by atoms with Crippen molar-refractivity contribution in [3.05, 3.63) is 59.4 Å². The molecule has 4 aromatic rings. The average Bonchev–Trinajstić information content (AvgIpc) is 3.13. The normalized spacial score (nSPS) is 23.6. The van der Waals surface area contributed by atoms with Gasteiger partial charge in [-0.05, 0) is 60.6 Å². The average molecular weight is 346 g/mol. The molecule has 0 aliphatic carbocycles. The van der Waals surface area contributed by atoms with E-state index in [2.05, 4.69) is 9.97 Å². The molecule has 0 aliphatic rings. The van der Waals surface area contributed by atoms with Gasteiger partial charge >= 0.3 is 0 Å². The standard InChI is InChI=1S/C22H22N2O/c1-13-6-8-16(18-12-15(10-11-23-18)22(3,4)5)20-19(13)17-9-7-14(2)24-21(17)25-20/h6-12H,1-5H3/i1D3,2D3,3D3,4D3,5D3. The van der Waals surface area contributed by atoms with Crippen LogP contribution < -0.4 is 0 Å². The summed E-state index contributed by atoms with van der Waals surface area (Å²) in [6, 6.07) is 7.17. The largest absolute Gasteiger partial charge is 0.437 e. The van der Waals surface area contributed by atoms with Crippen LogP contribution in [0.15, 0.2) is 47.0 Å². The van der Waals surface area contributed by atoms with Crippen LogP contribution in [0.4, 0.5) is 0 Å². The van der Waals surface area contributed by atoms with Crippen molar-refractivity contribution >= 4 is 22.1 Å². The maximum Gasteiger partial charge on any atom is 0.227 e. The van der Waals surface area contributed by atoms with Crippen molar-refractivity contribution in [2.75, 3.05) is 0 Å². The number of fused-ring (bicyclic) bond motifs is 3. The van der Waals surface area contributed by atoms with Gasteiger partial charge in [-0.2, -0.15) is 0 Å².